The molecule has 118 valence electrons. The zero-order valence-electron chi connectivity index (χ0n) is 13.1. The lowest BCUT2D eigenvalue weighted by Gasteiger charge is -2.19. The second kappa shape index (κ2) is 6.99. The Labute approximate surface area is 135 Å². The van der Waals surface area contributed by atoms with Gasteiger partial charge in [0.05, 0.1) is 6.54 Å². The molecule has 0 fully saturated rings. The molecule has 5 heteroatoms. The third kappa shape index (κ3) is 3.90. The van der Waals surface area contributed by atoms with Crippen LogP contribution in [0.1, 0.15) is 19.4 Å². The maximum absolute atomic E-state index is 11.8. The molecule has 0 atom stereocenters. The molecule has 0 saturated carbocycles. The molecule has 0 bridgehead atoms. The van der Waals surface area contributed by atoms with E-state index in [0.29, 0.717) is 17.1 Å². The predicted molar refractivity (Wildman–Crippen MR) is 90.2 cm³/mol. The molecule has 0 aliphatic carbocycles. The van der Waals surface area contributed by atoms with Gasteiger partial charge in [-0.15, -0.1) is 0 Å². The molecule has 22 heavy (non-hydrogen) atoms. The number of halogens is 1. The first-order chi connectivity index (χ1) is 10.4. The summed E-state index contributed by atoms with van der Waals surface area (Å²) in [5, 5.41) is 15.4. The molecule has 2 rings (SSSR count). The molecular weight excluding hydrogens is 300 g/mol. The zero-order valence-corrected chi connectivity index (χ0v) is 13.8. The van der Waals surface area contributed by atoms with E-state index in [0.717, 1.165) is 10.8 Å². The van der Waals surface area contributed by atoms with E-state index in [1.54, 1.807) is 6.07 Å². The van der Waals surface area contributed by atoms with Crippen LogP contribution < -0.4 is 5.32 Å². The monoisotopic (exact) mass is 320 g/mol. The van der Waals surface area contributed by atoms with Crippen LogP contribution in [0.4, 0.5) is 0 Å². The third-order valence-electron chi connectivity index (χ3n) is 3.35. The average Bonchev–Trinajstić information content (AvgIpc) is 2.43. The first kappa shape index (κ1) is 16.6. The summed E-state index contributed by atoms with van der Waals surface area (Å²) in [4.78, 5) is 13.6. The summed E-state index contributed by atoms with van der Waals surface area (Å²) < 4.78 is 0. The van der Waals surface area contributed by atoms with Crippen molar-refractivity contribution in [2.45, 2.75) is 26.4 Å². The van der Waals surface area contributed by atoms with E-state index in [9.17, 15) is 9.90 Å². The van der Waals surface area contributed by atoms with Crippen molar-refractivity contribution >= 4 is 28.3 Å². The average molecular weight is 321 g/mol. The molecule has 0 aliphatic rings. The van der Waals surface area contributed by atoms with Crippen molar-refractivity contribution in [2.24, 2.45) is 0 Å². The van der Waals surface area contributed by atoms with Crippen LogP contribution >= 0.6 is 11.6 Å². The van der Waals surface area contributed by atoms with Crippen LogP contribution in [0.2, 0.25) is 5.02 Å². The van der Waals surface area contributed by atoms with Gasteiger partial charge in [0.15, 0.2) is 0 Å². The van der Waals surface area contributed by atoms with Crippen molar-refractivity contribution in [3.05, 3.63) is 40.9 Å². The fourth-order valence-corrected chi connectivity index (χ4v) is 2.75. The van der Waals surface area contributed by atoms with Crippen molar-refractivity contribution in [2.75, 3.05) is 13.6 Å². The number of nitrogens with zero attached hydrogens (tertiary/aromatic N) is 1. The number of amides is 1. The Bertz CT molecular complexity index is 686. The van der Waals surface area contributed by atoms with Gasteiger partial charge in [0.1, 0.15) is 5.75 Å². The first-order valence-corrected chi connectivity index (χ1v) is 7.63. The zero-order chi connectivity index (χ0) is 16.3. The van der Waals surface area contributed by atoms with E-state index in [4.69, 9.17) is 11.6 Å². The Balaban J connectivity index is 2.18. The van der Waals surface area contributed by atoms with E-state index in [1.807, 2.05) is 50.1 Å². The highest BCUT2D eigenvalue weighted by Crippen LogP contribution is 2.34. The lowest BCUT2D eigenvalue weighted by molar-refractivity contribution is -0.122. The van der Waals surface area contributed by atoms with E-state index >= 15 is 0 Å². The molecule has 2 aromatic carbocycles. The Morgan fingerprint density at radius 2 is 1.95 bits per heavy atom. The molecular formula is C17H21ClN2O2. The first-order valence-electron chi connectivity index (χ1n) is 7.25. The number of fused-ring (bicyclic) bond motifs is 1. The van der Waals surface area contributed by atoms with Crippen LogP contribution in [-0.2, 0) is 11.3 Å². The number of carbonyl (C=O) groups excluding carboxylic acids is 1. The highest BCUT2D eigenvalue weighted by molar-refractivity contribution is 6.35. The van der Waals surface area contributed by atoms with Gasteiger partial charge >= 0.3 is 0 Å². The van der Waals surface area contributed by atoms with Crippen LogP contribution in [0.25, 0.3) is 10.8 Å². The number of phenols is 1. The molecule has 1 amide bonds. The number of carbonyl (C=O) groups is 1. The van der Waals surface area contributed by atoms with Gasteiger partial charge in [0.2, 0.25) is 5.91 Å². The smallest absolute Gasteiger partial charge is 0.234 e. The molecule has 0 heterocycles. The summed E-state index contributed by atoms with van der Waals surface area (Å²) in [6.45, 7) is 4.56. The van der Waals surface area contributed by atoms with E-state index in [1.165, 1.54) is 0 Å². The number of hydrogen-bond acceptors (Lipinski definition) is 3. The van der Waals surface area contributed by atoms with Gasteiger partial charge in [-0.05, 0) is 27.0 Å². The minimum Gasteiger partial charge on any atom is -0.507 e. The molecule has 0 spiro atoms. The fraction of sp³-hybridized carbons (Fsp3) is 0.353. The highest BCUT2D eigenvalue weighted by atomic mass is 35.5. The van der Waals surface area contributed by atoms with Gasteiger partial charge in [0, 0.05) is 33.9 Å². The van der Waals surface area contributed by atoms with Crippen LogP contribution in [0.15, 0.2) is 30.3 Å². The SMILES string of the molecule is CC(C)NC(=O)CN(C)Cc1cc(Cl)c2ccccc2c1O. The van der Waals surface area contributed by atoms with Gasteiger partial charge in [-0.1, -0.05) is 35.9 Å². The number of aromatic hydroxyl groups is 1. The standard InChI is InChI=1S/C17H21ClN2O2/c1-11(2)19-16(21)10-20(3)9-12-8-15(18)13-6-4-5-7-14(13)17(12)22/h4-8,11,22H,9-10H2,1-3H3,(H,19,21). The Morgan fingerprint density at radius 3 is 2.59 bits per heavy atom. The Morgan fingerprint density at radius 1 is 1.32 bits per heavy atom. The highest BCUT2D eigenvalue weighted by Gasteiger charge is 2.14. The van der Waals surface area contributed by atoms with Crippen molar-refractivity contribution in [3.63, 3.8) is 0 Å². The largest absolute Gasteiger partial charge is 0.507 e. The number of nitrogens with one attached hydrogen (secondary N) is 1. The van der Waals surface area contributed by atoms with Crippen molar-refractivity contribution in [1.82, 2.24) is 10.2 Å². The molecule has 2 N–H and O–H groups in total. The molecule has 0 unspecified atom stereocenters. The fourth-order valence-electron chi connectivity index (χ4n) is 2.45. The number of hydrogen-bond donors (Lipinski definition) is 2. The molecule has 0 aliphatic heterocycles. The quantitative estimate of drug-likeness (QED) is 0.889. The topological polar surface area (TPSA) is 52.6 Å². The molecule has 0 radical (unpaired) electrons. The van der Waals surface area contributed by atoms with Gasteiger partial charge in [-0.25, -0.2) is 0 Å². The number of benzene rings is 2. The van der Waals surface area contributed by atoms with Crippen molar-refractivity contribution in [1.29, 1.82) is 0 Å². The van der Waals surface area contributed by atoms with Gasteiger partial charge in [-0.2, -0.15) is 0 Å². The van der Waals surface area contributed by atoms with Gasteiger partial charge in [0.25, 0.3) is 0 Å². The molecule has 0 saturated heterocycles. The van der Waals surface area contributed by atoms with Crippen molar-refractivity contribution in [3.8, 4) is 5.75 Å². The number of phenolic OH excluding ortho intramolecular Hbond substituents is 1. The van der Waals surface area contributed by atoms with Crippen LogP contribution in [0.5, 0.6) is 5.75 Å². The van der Waals surface area contributed by atoms with Crippen molar-refractivity contribution < 1.29 is 9.90 Å². The summed E-state index contributed by atoms with van der Waals surface area (Å²) in [6.07, 6.45) is 0. The lowest BCUT2D eigenvalue weighted by Crippen LogP contribution is -2.38. The minimum absolute atomic E-state index is 0.0381. The number of rotatable bonds is 5. The molecule has 0 aromatic heterocycles. The summed E-state index contributed by atoms with van der Waals surface area (Å²) in [6, 6.07) is 9.34. The third-order valence-corrected chi connectivity index (χ3v) is 3.66. The maximum Gasteiger partial charge on any atom is 0.234 e. The van der Waals surface area contributed by atoms with Crippen LogP contribution in [0.3, 0.4) is 0 Å². The van der Waals surface area contributed by atoms with Crippen LogP contribution in [-0.4, -0.2) is 35.5 Å². The van der Waals surface area contributed by atoms with E-state index in [-0.39, 0.29) is 24.2 Å². The predicted octanol–water partition coefficient (Wildman–Crippen LogP) is 3.16. The molecule has 4 nitrogen and oxygen atoms in total. The van der Waals surface area contributed by atoms with E-state index in [2.05, 4.69) is 5.32 Å². The van der Waals surface area contributed by atoms with Gasteiger partial charge in [-0.3, -0.25) is 9.69 Å². The van der Waals surface area contributed by atoms with Gasteiger partial charge < -0.3 is 10.4 Å². The van der Waals surface area contributed by atoms with Crippen LogP contribution in [0, 0.1) is 0 Å². The van der Waals surface area contributed by atoms with E-state index < -0.39 is 0 Å². The normalized spacial score (nSPS) is 11.4. The molecule has 2 aromatic rings. The second-order valence-electron chi connectivity index (χ2n) is 5.81. The number of likely N-dealkylation sites (N-methyl/N-ethyl adjacent to an activating group) is 1. The minimum atomic E-state index is -0.0381. The maximum atomic E-state index is 11.8. The summed E-state index contributed by atoms with van der Waals surface area (Å²) in [5.74, 6) is 0.181. The summed E-state index contributed by atoms with van der Waals surface area (Å²) in [7, 11) is 1.84. The lowest BCUT2D eigenvalue weighted by atomic mass is 10.0. The second-order valence-corrected chi connectivity index (χ2v) is 6.21. The Hall–Kier alpha value is -1.78. The summed E-state index contributed by atoms with van der Waals surface area (Å²) in [5.41, 5.74) is 0.712. The Kier molecular flexibility index (Phi) is 5.27. The summed E-state index contributed by atoms with van der Waals surface area (Å²) >= 11 is 6.28.